The monoisotopic (exact) mass is 275 g/mol. The highest BCUT2D eigenvalue weighted by Crippen LogP contribution is 2.27. The Hall–Kier alpha value is -2.05. The SMILES string of the molecule is CC(Oc1cccc(F)c1C#N)c1cccc(Cl)c1. The van der Waals surface area contributed by atoms with E-state index in [4.69, 9.17) is 21.6 Å². The third-order valence-electron chi connectivity index (χ3n) is 2.71. The molecule has 19 heavy (non-hydrogen) atoms. The average molecular weight is 276 g/mol. The highest BCUT2D eigenvalue weighted by Gasteiger charge is 2.13. The molecule has 0 aliphatic heterocycles. The summed E-state index contributed by atoms with van der Waals surface area (Å²) in [5.74, 6) is -0.353. The number of hydrogen-bond acceptors (Lipinski definition) is 2. The predicted octanol–water partition coefficient (Wildman–Crippen LogP) is 4.49. The first kappa shape index (κ1) is 13.4. The maximum absolute atomic E-state index is 13.4. The second-order valence-corrected chi connectivity index (χ2v) is 4.48. The van der Waals surface area contributed by atoms with E-state index in [2.05, 4.69) is 0 Å². The van der Waals surface area contributed by atoms with Crippen LogP contribution < -0.4 is 4.74 Å². The number of halogens is 2. The van der Waals surface area contributed by atoms with Crippen molar-refractivity contribution in [2.45, 2.75) is 13.0 Å². The molecule has 0 bridgehead atoms. The Morgan fingerprint density at radius 3 is 2.68 bits per heavy atom. The van der Waals surface area contributed by atoms with Gasteiger partial charge in [-0.25, -0.2) is 4.39 Å². The molecule has 96 valence electrons. The molecule has 2 rings (SSSR count). The molecule has 2 nitrogen and oxygen atoms in total. The molecule has 0 aliphatic rings. The van der Waals surface area contributed by atoms with Crippen molar-refractivity contribution < 1.29 is 9.13 Å². The van der Waals surface area contributed by atoms with Crippen molar-refractivity contribution in [2.24, 2.45) is 0 Å². The van der Waals surface area contributed by atoms with E-state index in [0.29, 0.717) is 5.02 Å². The Labute approximate surface area is 116 Å². The Morgan fingerprint density at radius 1 is 1.26 bits per heavy atom. The van der Waals surface area contributed by atoms with Crippen molar-refractivity contribution >= 4 is 11.6 Å². The highest BCUT2D eigenvalue weighted by molar-refractivity contribution is 6.30. The second kappa shape index (κ2) is 5.73. The summed E-state index contributed by atoms with van der Waals surface area (Å²) < 4.78 is 19.1. The molecular weight excluding hydrogens is 265 g/mol. The summed E-state index contributed by atoms with van der Waals surface area (Å²) in [5, 5.41) is 9.54. The lowest BCUT2D eigenvalue weighted by Gasteiger charge is -2.16. The Kier molecular flexibility index (Phi) is 4.03. The topological polar surface area (TPSA) is 33.0 Å². The third kappa shape index (κ3) is 3.04. The minimum atomic E-state index is -0.585. The van der Waals surface area contributed by atoms with Crippen molar-refractivity contribution in [3.05, 3.63) is 64.4 Å². The van der Waals surface area contributed by atoms with E-state index in [9.17, 15) is 4.39 Å². The van der Waals surface area contributed by atoms with Gasteiger partial charge in [0, 0.05) is 5.02 Å². The number of benzene rings is 2. The minimum Gasteiger partial charge on any atom is -0.485 e. The first-order chi connectivity index (χ1) is 9.11. The number of ether oxygens (including phenoxy) is 1. The van der Waals surface area contributed by atoms with Gasteiger partial charge in [0.15, 0.2) is 0 Å². The van der Waals surface area contributed by atoms with E-state index in [1.54, 1.807) is 24.3 Å². The van der Waals surface area contributed by atoms with Gasteiger partial charge < -0.3 is 4.74 Å². The molecule has 1 unspecified atom stereocenters. The van der Waals surface area contributed by atoms with Gasteiger partial charge in [0.25, 0.3) is 0 Å². The maximum Gasteiger partial charge on any atom is 0.144 e. The van der Waals surface area contributed by atoms with Gasteiger partial charge in [0.1, 0.15) is 29.3 Å². The Bertz CT molecular complexity index is 636. The van der Waals surface area contributed by atoms with Gasteiger partial charge in [-0.1, -0.05) is 29.8 Å². The van der Waals surface area contributed by atoms with Crippen molar-refractivity contribution in [2.75, 3.05) is 0 Å². The molecule has 0 heterocycles. The summed E-state index contributed by atoms with van der Waals surface area (Å²) in [6.07, 6.45) is -0.326. The Balaban J connectivity index is 2.27. The largest absolute Gasteiger partial charge is 0.485 e. The second-order valence-electron chi connectivity index (χ2n) is 4.04. The van der Waals surface area contributed by atoms with Gasteiger partial charge in [0.05, 0.1) is 0 Å². The van der Waals surface area contributed by atoms with Gasteiger partial charge in [-0.2, -0.15) is 5.26 Å². The lowest BCUT2D eigenvalue weighted by Crippen LogP contribution is -2.05. The zero-order chi connectivity index (χ0) is 13.8. The van der Waals surface area contributed by atoms with Crippen LogP contribution in [0.2, 0.25) is 5.02 Å². The first-order valence-corrected chi connectivity index (χ1v) is 6.10. The summed E-state index contributed by atoms with van der Waals surface area (Å²) in [6.45, 7) is 1.82. The molecule has 4 heteroatoms. The minimum absolute atomic E-state index is 0.0867. The van der Waals surface area contributed by atoms with Crippen LogP contribution in [0.1, 0.15) is 24.2 Å². The van der Waals surface area contributed by atoms with E-state index >= 15 is 0 Å². The molecule has 0 N–H and O–H groups in total. The molecular formula is C15H11ClFNO. The van der Waals surface area contributed by atoms with Crippen LogP contribution in [-0.4, -0.2) is 0 Å². The molecule has 0 aromatic heterocycles. The number of rotatable bonds is 3. The van der Waals surface area contributed by atoms with Crippen LogP contribution in [0, 0.1) is 17.1 Å². The zero-order valence-corrected chi connectivity index (χ0v) is 11.0. The number of hydrogen-bond donors (Lipinski definition) is 0. The van der Waals surface area contributed by atoms with Gasteiger partial charge >= 0.3 is 0 Å². The maximum atomic E-state index is 13.4. The lowest BCUT2D eigenvalue weighted by molar-refractivity contribution is 0.225. The van der Waals surface area contributed by atoms with E-state index in [1.165, 1.54) is 12.1 Å². The molecule has 0 fully saturated rings. The van der Waals surface area contributed by atoms with Crippen LogP contribution in [0.3, 0.4) is 0 Å². The average Bonchev–Trinajstić information content (AvgIpc) is 2.39. The van der Waals surface area contributed by atoms with E-state index in [-0.39, 0.29) is 17.4 Å². The van der Waals surface area contributed by atoms with Gasteiger partial charge in [0.2, 0.25) is 0 Å². The van der Waals surface area contributed by atoms with Crippen LogP contribution in [0.5, 0.6) is 5.75 Å². The standard InChI is InChI=1S/C15H11ClFNO/c1-10(11-4-2-5-12(16)8-11)19-15-7-3-6-14(17)13(15)9-18/h2-8,10H,1H3. The van der Waals surface area contributed by atoms with Crippen molar-refractivity contribution in [1.82, 2.24) is 0 Å². The van der Waals surface area contributed by atoms with Crippen molar-refractivity contribution in [3.63, 3.8) is 0 Å². The van der Waals surface area contributed by atoms with E-state index in [1.807, 2.05) is 19.1 Å². The third-order valence-corrected chi connectivity index (χ3v) is 2.94. The fourth-order valence-corrected chi connectivity index (χ4v) is 1.93. The normalized spacial score (nSPS) is 11.7. The zero-order valence-electron chi connectivity index (χ0n) is 10.2. The molecule has 0 amide bonds. The molecule has 2 aromatic rings. The van der Waals surface area contributed by atoms with E-state index < -0.39 is 5.82 Å². The molecule has 2 aromatic carbocycles. The number of nitriles is 1. The summed E-state index contributed by atoms with van der Waals surface area (Å²) >= 11 is 5.91. The van der Waals surface area contributed by atoms with Gasteiger partial charge in [-0.15, -0.1) is 0 Å². The fourth-order valence-electron chi connectivity index (χ4n) is 1.73. The Morgan fingerprint density at radius 2 is 2.00 bits per heavy atom. The van der Waals surface area contributed by atoms with Crippen LogP contribution in [0.25, 0.3) is 0 Å². The predicted molar refractivity (Wildman–Crippen MR) is 71.6 cm³/mol. The quantitative estimate of drug-likeness (QED) is 0.827. The molecule has 0 saturated carbocycles. The summed E-state index contributed by atoms with van der Waals surface area (Å²) in [5.41, 5.74) is 0.775. The van der Waals surface area contributed by atoms with Crippen molar-refractivity contribution in [1.29, 1.82) is 5.26 Å². The van der Waals surface area contributed by atoms with E-state index in [0.717, 1.165) is 5.56 Å². The smallest absolute Gasteiger partial charge is 0.144 e. The molecule has 0 radical (unpaired) electrons. The van der Waals surface area contributed by atoms with Crippen LogP contribution in [-0.2, 0) is 0 Å². The van der Waals surface area contributed by atoms with Crippen LogP contribution in [0.15, 0.2) is 42.5 Å². The lowest BCUT2D eigenvalue weighted by atomic mass is 10.1. The molecule has 0 saturated heterocycles. The molecule has 0 spiro atoms. The van der Waals surface area contributed by atoms with Gasteiger partial charge in [-0.3, -0.25) is 0 Å². The van der Waals surface area contributed by atoms with Crippen LogP contribution >= 0.6 is 11.6 Å². The van der Waals surface area contributed by atoms with Crippen molar-refractivity contribution in [3.8, 4) is 11.8 Å². The molecule has 0 aliphatic carbocycles. The van der Waals surface area contributed by atoms with Crippen LogP contribution in [0.4, 0.5) is 4.39 Å². The number of nitrogens with zero attached hydrogens (tertiary/aromatic N) is 1. The molecule has 1 atom stereocenters. The highest BCUT2D eigenvalue weighted by atomic mass is 35.5. The fraction of sp³-hybridized carbons (Fsp3) is 0.133. The van der Waals surface area contributed by atoms with Gasteiger partial charge in [-0.05, 0) is 36.8 Å². The summed E-state index contributed by atoms with van der Waals surface area (Å²) in [6, 6.07) is 13.3. The first-order valence-electron chi connectivity index (χ1n) is 5.72. The summed E-state index contributed by atoms with van der Waals surface area (Å²) in [7, 11) is 0. The summed E-state index contributed by atoms with van der Waals surface area (Å²) in [4.78, 5) is 0.